The molecule has 5 aromatic rings. The zero-order chi connectivity index (χ0) is 21.2. The van der Waals surface area contributed by atoms with E-state index in [1.807, 2.05) is 77.4 Å². The van der Waals surface area contributed by atoms with Crippen molar-refractivity contribution >= 4 is 33.9 Å². The van der Waals surface area contributed by atoms with Gasteiger partial charge in [0.2, 0.25) is 0 Å². The van der Waals surface area contributed by atoms with Crippen molar-refractivity contribution in [1.29, 1.82) is 0 Å². The van der Waals surface area contributed by atoms with Gasteiger partial charge in [-0.15, -0.1) is 0 Å². The van der Waals surface area contributed by atoms with Crippen molar-refractivity contribution in [3.05, 3.63) is 77.8 Å². The Morgan fingerprint density at radius 2 is 1.65 bits per heavy atom. The normalized spacial score (nSPS) is 11.3. The average molecular weight is 429 g/mol. The number of fused-ring (bicyclic) bond motifs is 2. The number of imidazole rings is 1. The molecule has 0 atom stereocenters. The second-order valence-corrected chi connectivity index (χ2v) is 7.77. The molecule has 0 N–H and O–H groups in total. The third-order valence-electron chi connectivity index (χ3n) is 5.11. The highest BCUT2D eigenvalue weighted by Crippen LogP contribution is 2.30. The van der Waals surface area contributed by atoms with Crippen LogP contribution in [0.5, 0.6) is 5.75 Å². The number of hydrogen-bond acceptors (Lipinski definition) is 4. The molecule has 5 rings (SSSR count). The van der Waals surface area contributed by atoms with E-state index in [1.54, 1.807) is 0 Å². The summed E-state index contributed by atoms with van der Waals surface area (Å²) in [5.74, 6) is 1.59. The van der Waals surface area contributed by atoms with Crippen molar-refractivity contribution in [3.63, 3.8) is 0 Å². The van der Waals surface area contributed by atoms with E-state index in [4.69, 9.17) is 31.3 Å². The Labute approximate surface area is 185 Å². The monoisotopic (exact) mass is 428 g/mol. The summed E-state index contributed by atoms with van der Waals surface area (Å²) in [5, 5.41) is 0.654. The van der Waals surface area contributed by atoms with Gasteiger partial charge in [-0.1, -0.05) is 49.2 Å². The summed E-state index contributed by atoms with van der Waals surface area (Å²) in [7, 11) is 0. The molecular weight excluding hydrogens is 408 g/mol. The van der Waals surface area contributed by atoms with E-state index >= 15 is 0 Å². The molecule has 0 saturated heterocycles. The quantitative estimate of drug-likeness (QED) is 0.291. The van der Waals surface area contributed by atoms with E-state index < -0.39 is 0 Å². The summed E-state index contributed by atoms with van der Waals surface area (Å²) in [6.07, 6.45) is 2.14. The van der Waals surface area contributed by atoms with E-state index in [0.717, 1.165) is 53.3 Å². The molecule has 154 valence electrons. The van der Waals surface area contributed by atoms with Crippen LogP contribution in [0.1, 0.15) is 19.8 Å². The van der Waals surface area contributed by atoms with Crippen molar-refractivity contribution in [2.75, 3.05) is 6.61 Å². The molecule has 2 heterocycles. The number of benzene rings is 3. The van der Waals surface area contributed by atoms with Gasteiger partial charge in [0.15, 0.2) is 11.3 Å². The van der Waals surface area contributed by atoms with Crippen LogP contribution < -0.4 is 4.74 Å². The molecule has 6 heteroatoms. The van der Waals surface area contributed by atoms with E-state index in [2.05, 4.69) is 6.92 Å². The smallest absolute Gasteiger partial charge is 0.199 e. The minimum absolute atomic E-state index is 0.594. The van der Waals surface area contributed by atoms with Crippen LogP contribution in [0.25, 0.3) is 39.4 Å². The van der Waals surface area contributed by atoms with Crippen LogP contribution in [-0.2, 0) is 0 Å². The first-order valence-electron chi connectivity index (χ1n) is 10.4. The number of halogens is 1. The van der Waals surface area contributed by atoms with Crippen molar-refractivity contribution in [2.45, 2.75) is 19.8 Å². The number of aromatic nitrogens is 4. The third kappa shape index (κ3) is 3.84. The van der Waals surface area contributed by atoms with E-state index in [9.17, 15) is 0 Å². The van der Waals surface area contributed by atoms with Crippen molar-refractivity contribution in [3.8, 4) is 22.8 Å². The van der Waals surface area contributed by atoms with Crippen LogP contribution in [0.2, 0.25) is 5.02 Å². The van der Waals surface area contributed by atoms with Gasteiger partial charge in [-0.05, 0) is 55.0 Å². The zero-order valence-electron chi connectivity index (χ0n) is 17.1. The summed E-state index contributed by atoms with van der Waals surface area (Å²) < 4.78 is 7.85. The predicted molar refractivity (Wildman–Crippen MR) is 125 cm³/mol. The maximum absolute atomic E-state index is 6.27. The molecule has 0 bridgehead atoms. The van der Waals surface area contributed by atoms with Crippen LogP contribution in [0.15, 0.2) is 72.8 Å². The second-order valence-electron chi connectivity index (χ2n) is 7.34. The van der Waals surface area contributed by atoms with Crippen LogP contribution in [0.3, 0.4) is 0 Å². The second kappa shape index (κ2) is 8.36. The number of rotatable bonds is 6. The zero-order valence-corrected chi connectivity index (χ0v) is 17.9. The Morgan fingerprint density at radius 3 is 2.39 bits per heavy atom. The lowest BCUT2D eigenvalue weighted by Gasteiger charge is -2.11. The fourth-order valence-electron chi connectivity index (χ4n) is 3.55. The molecule has 5 nitrogen and oxygen atoms in total. The van der Waals surface area contributed by atoms with E-state index in [-0.39, 0.29) is 0 Å². The molecule has 0 aliphatic rings. The fourth-order valence-corrected chi connectivity index (χ4v) is 3.74. The Kier molecular flexibility index (Phi) is 5.26. The Bertz CT molecular complexity index is 1360. The minimum atomic E-state index is 0.594. The minimum Gasteiger partial charge on any atom is -0.494 e. The lowest BCUT2D eigenvalue weighted by molar-refractivity contribution is 0.309. The number of ether oxygens (including phenoxy) is 1. The molecule has 0 aliphatic heterocycles. The Balaban J connectivity index is 1.68. The summed E-state index contributed by atoms with van der Waals surface area (Å²) in [6.45, 7) is 2.87. The molecule has 0 spiro atoms. The van der Waals surface area contributed by atoms with Gasteiger partial charge in [0.1, 0.15) is 11.6 Å². The lowest BCUT2D eigenvalue weighted by atomic mass is 10.2. The fraction of sp³-hybridized carbons (Fsp3) is 0.160. The molecule has 0 unspecified atom stereocenters. The van der Waals surface area contributed by atoms with Gasteiger partial charge in [0.05, 0.1) is 17.6 Å². The topological polar surface area (TPSA) is 52.8 Å². The van der Waals surface area contributed by atoms with Gasteiger partial charge >= 0.3 is 0 Å². The summed E-state index contributed by atoms with van der Waals surface area (Å²) in [4.78, 5) is 14.5. The van der Waals surface area contributed by atoms with Gasteiger partial charge in [-0.25, -0.2) is 15.0 Å². The standard InChI is InChI=1S/C25H21ClN4O/c1-2-3-15-31-20-13-11-19(12-14-20)30-24(17-7-6-8-18(26)16-17)29-23-25(30)28-22-10-5-4-9-21(22)27-23/h4-14,16H,2-3,15H2,1H3. The summed E-state index contributed by atoms with van der Waals surface area (Å²) in [6, 6.07) is 23.5. The molecule has 0 fully saturated rings. The van der Waals surface area contributed by atoms with Crippen LogP contribution in [0, 0.1) is 0 Å². The molecule has 0 aliphatic carbocycles. The van der Waals surface area contributed by atoms with Gasteiger partial charge in [0.25, 0.3) is 0 Å². The van der Waals surface area contributed by atoms with E-state index in [0.29, 0.717) is 16.3 Å². The van der Waals surface area contributed by atoms with Gasteiger partial charge in [-0.3, -0.25) is 4.57 Å². The summed E-state index contributed by atoms with van der Waals surface area (Å²) in [5.41, 5.74) is 4.78. The Morgan fingerprint density at radius 1 is 0.871 bits per heavy atom. The molecule has 0 saturated carbocycles. The van der Waals surface area contributed by atoms with Crippen molar-refractivity contribution in [2.24, 2.45) is 0 Å². The highest BCUT2D eigenvalue weighted by atomic mass is 35.5. The maximum Gasteiger partial charge on any atom is 0.199 e. The van der Waals surface area contributed by atoms with Gasteiger partial charge in [0, 0.05) is 16.3 Å². The molecule has 31 heavy (non-hydrogen) atoms. The largest absolute Gasteiger partial charge is 0.494 e. The van der Waals surface area contributed by atoms with Crippen LogP contribution in [-0.4, -0.2) is 26.1 Å². The molecule has 3 aromatic carbocycles. The van der Waals surface area contributed by atoms with Gasteiger partial charge < -0.3 is 4.74 Å². The number of nitrogens with zero attached hydrogens (tertiary/aromatic N) is 4. The van der Waals surface area contributed by atoms with Crippen molar-refractivity contribution < 1.29 is 4.74 Å². The summed E-state index contributed by atoms with van der Waals surface area (Å²) >= 11 is 6.27. The highest BCUT2D eigenvalue weighted by molar-refractivity contribution is 6.30. The Hall–Kier alpha value is -3.44. The lowest BCUT2D eigenvalue weighted by Crippen LogP contribution is -2.00. The molecule has 0 radical (unpaired) electrons. The third-order valence-corrected chi connectivity index (χ3v) is 5.35. The average Bonchev–Trinajstić information content (AvgIpc) is 3.16. The number of hydrogen-bond donors (Lipinski definition) is 0. The molecular formula is C25H21ClN4O. The predicted octanol–water partition coefficient (Wildman–Crippen LogP) is 6.47. The maximum atomic E-state index is 6.27. The first-order chi connectivity index (χ1) is 15.2. The SMILES string of the molecule is CCCCOc1ccc(-n2c(-c3cccc(Cl)c3)nc3nc4ccccc4nc32)cc1. The van der Waals surface area contributed by atoms with Crippen LogP contribution >= 0.6 is 11.6 Å². The molecule has 0 amide bonds. The number of unbranched alkanes of at least 4 members (excludes halogenated alkanes) is 1. The molecule has 2 aromatic heterocycles. The number of para-hydroxylation sites is 2. The van der Waals surface area contributed by atoms with E-state index in [1.165, 1.54) is 0 Å². The first-order valence-corrected chi connectivity index (χ1v) is 10.7. The van der Waals surface area contributed by atoms with Gasteiger partial charge in [-0.2, -0.15) is 0 Å². The van der Waals surface area contributed by atoms with Crippen LogP contribution in [0.4, 0.5) is 0 Å². The first kappa shape index (κ1) is 19.5. The van der Waals surface area contributed by atoms with Crippen molar-refractivity contribution in [1.82, 2.24) is 19.5 Å². The highest BCUT2D eigenvalue weighted by Gasteiger charge is 2.18.